The van der Waals surface area contributed by atoms with Gasteiger partial charge in [-0.2, -0.15) is 0 Å². The number of hydrogen-bond donors (Lipinski definition) is 0. The first kappa shape index (κ1) is 29.6. The zero-order valence-corrected chi connectivity index (χ0v) is 25.7. The second-order valence-corrected chi connectivity index (χ2v) is 10.3. The Hall–Kier alpha value is -3.90. The topological polar surface area (TPSA) is 75.4 Å². The number of rotatable bonds is 9. The van der Waals surface area contributed by atoms with Crippen LogP contribution in [0.15, 0.2) is 120 Å². The molecule has 0 aliphatic heterocycles. The minimum absolute atomic E-state index is 0. The van der Waals surface area contributed by atoms with Crippen LogP contribution in [0.25, 0.3) is 39.3 Å². The first-order chi connectivity index (χ1) is 20.2. The van der Waals surface area contributed by atoms with Gasteiger partial charge in [-0.25, -0.2) is 4.98 Å². The van der Waals surface area contributed by atoms with Gasteiger partial charge in [-0.1, -0.05) is 103 Å². The van der Waals surface area contributed by atoms with E-state index in [0.29, 0.717) is 11.6 Å². The van der Waals surface area contributed by atoms with Gasteiger partial charge in [-0.3, -0.25) is 0 Å². The van der Waals surface area contributed by atoms with Crippen molar-refractivity contribution in [2.75, 3.05) is 6.61 Å². The van der Waals surface area contributed by atoms with Crippen LogP contribution in [0, 0.1) is 5.92 Å². The molecule has 6 rings (SSSR count). The Labute approximate surface area is 268 Å². The van der Waals surface area contributed by atoms with Gasteiger partial charge in [0.15, 0.2) is 5.76 Å². The molecular weight excluding hydrogens is 533 g/mol. The summed E-state index contributed by atoms with van der Waals surface area (Å²) in [5.41, 5.74) is 7.22. The van der Waals surface area contributed by atoms with E-state index in [1.54, 1.807) is 0 Å². The Morgan fingerprint density at radius 2 is 1.50 bits per heavy atom. The number of hydrogen-bond acceptors (Lipinski definition) is 5. The maximum absolute atomic E-state index is 11.0. The number of carboxylic acid groups (broad SMARTS) is 1. The molecule has 0 saturated carbocycles. The van der Waals surface area contributed by atoms with E-state index in [1.807, 2.05) is 84.9 Å². The molecule has 1 atom stereocenters. The maximum Gasteiger partial charge on any atom is 1.00 e. The Bertz CT molecular complexity index is 1610. The van der Waals surface area contributed by atoms with Crippen LogP contribution in [0.2, 0.25) is 0 Å². The molecule has 0 radical (unpaired) electrons. The molecular formula is C36H30NNaO4. The summed E-state index contributed by atoms with van der Waals surface area (Å²) in [6.45, 7) is -0.487. The number of benzene rings is 4. The number of allylic oxidation sites excluding steroid dienone is 2. The molecule has 0 fully saturated rings. The second-order valence-electron chi connectivity index (χ2n) is 10.3. The number of oxazole rings is 1. The summed E-state index contributed by atoms with van der Waals surface area (Å²) >= 11 is 0. The fourth-order valence-corrected chi connectivity index (χ4v) is 5.57. The molecule has 1 heterocycles. The normalized spacial score (nSPS) is 14.5. The molecule has 0 bridgehead atoms. The average Bonchev–Trinajstić information content (AvgIpc) is 3.47. The first-order valence-electron chi connectivity index (χ1n) is 14.0. The van der Waals surface area contributed by atoms with Crippen LogP contribution in [0.4, 0.5) is 0 Å². The fraction of sp³-hybridized carbons (Fsp3) is 0.167. The molecule has 0 saturated heterocycles. The molecule has 0 spiro atoms. The molecule has 5 aromatic rings. The zero-order chi connectivity index (χ0) is 28.0. The van der Waals surface area contributed by atoms with Gasteiger partial charge in [-0.05, 0) is 60.4 Å². The minimum atomic E-state index is -1.25. The summed E-state index contributed by atoms with van der Waals surface area (Å²) in [5.74, 6) is 0.855. The molecule has 204 valence electrons. The predicted octanol–water partition coefficient (Wildman–Crippen LogP) is 4.23. The summed E-state index contributed by atoms with van der Waals surface area (Å²) in [6.07, 6.45) is 6.04. The van der Waals surface area contributed by atoms with Gasteiger partial charge in [0.2, 0.25) is 5.89 Å². The van der Waals surface area contributed by atoms with Crippen molar-refractivity contribution in [1.29, 1.82) is 0 Å². The van der Waals surface area contributed by atoms with Crippen molar-refractivity contribution in [2.45, 2.75) is 25.7 Å². The van der Waals surface area contributed by atoms with Crippen molar-refractivity contribution < 1.29 is 48.6 Å². The molecule has 0 amide bonds. The molecule has 1 aliphatic carbocycles. The molecule has 42 heavy (non-hydrogen) atoms. The molecule has 1 unspecified atom stereocenters. The standard InChI is InChI=1S/C36H31NO4.Na/c38-33(39)24-40-30-20-21-31(25-12-4-1-5-13-25)29(23-30)22-28-18-10-11-19-32(28)36-37-34(26-14-6-2-7-15-26)35(41-36)27-16-8-3-9-17-27;/h1-9,12-17,19-21,23,28H,10-11,18,22,24H2,(H,38,39);/q;+1/p-1. The average molecular weight is 564 g/mol. The van der Waals surface area contributed by atoms with E-state index in [-0.39, 0.29) is 35.5 Å². The van der Waals surface area contributed by atoms with Gasteiger partial charge in [0, 0.05) is 16.7 Å². The quantitative estimate of drug-likeness (QED) is 0.251. The summed E-state index contributed by atoms with van der Waals surface area (Å²) < 4.78 is 12.1. The summed E-state index contributed by atoms with van der Waals surface area (Å²) in [7, 11) is 0. The Morgan fingerprint density at radius 3 is 2.17 bits per heavy atom. The summed E-state index contributed by atoms with van der Waals surface area (Å²) in [6, 6.07) is 36.3. The minimum Gasteiger partial charge on any atom is -0.546 e. The molecule has 1 aromatic heterocycles. The van der Waals surface area contributed by atoms with Crippen LogP contribution >= 0.6 is 0 Å². The number of carbonyl (C=O) groups is 1. The van der Waals surface area contributed by atoms with Crippen molar-refractivity contribution in [3.63, 3.8) is 0 Å². The first-order valence-corrected chi connectivity index (χ1v) is 14.0. The van der Waals surface area contributed by atoms with Gasteiger partial charge in [0.05, 0.1) is 5.97 Å². The van der Waals surface area contributed by atoms with E-state index in [1.165, 1.54) is 0 Å². The third-order valence-electron chi connectivity index (χ3n) is 7.50. The van der Waals surface area contributed by atoms with E-state index in [2.05, 4.69) is 30.3 Å². The third-order valence-corrected chi connectivity index (χ3v) is 7.50. The molecule has 6 heteroatoms. The van der Waals surface area contributed by atoms with E-state index in [4.69, 9.17) is 14.1 Å². The second kappa shape index (κ2) is 13.8. The molecule has 0 N–H and O–H groups in total. The SMILES string of the molecule is O=C([O-])COc1ccc(-c2ccccc2)c(CC2CCCC=C2c2nc(-c3ccccc3)c(-c3ccccc3)o2)c1.[Na+]. The van der Waals surface area contributed by atoms with Crippen molar-refractivity contribution in [1.82, 2.24) is 4.98 Å². The van der Waals surface area contributed by atoms with Gasteiger partial charge in [0.25, 0.3) is 0 Å². The number of nitrogens with zero attached hydrogens (tertiary/aromatic N) is 1. The number of carboxylic acids is 1. The smallest absolute Gasteiger partial charge is 0.546 e. The summed E-state index contributed by atoms with van der Waals surface area (Å²) in [5, 5.41) is 11.0. The van der Waals surface area contributed by atoms with Crippen LogP contribution in [0.1, 0.15) is 30.7 Å². The molecule has 5 nitrogen and oxygen atoms in total. The van der Waals surface area contributed by atoms with Crippen LogP contribution in [0.5, 0.6) is 5.75 Å². The van der Waals surface area contributed by atoms with Crippen molar-refractivity contribution in [2.24, 2.45) is 5.92 Å². The number of ether oxygens (including phenoxy) is 1. The van der Waals surface area contributed by atoms with Crippen molar-refractivity contribution in [3.05, 3.63) is 127 Å². The van der Waals surface area contributed by atoms with Crippen LogP contribution in [-0.2, 0) is 11.2 Å². The van der Waals surface area contributed by atoms with Gasteiger partial charge in [-0.15, -0.1) is 0 Å². The van der Waals surface area contributed by atoms with E-state index < -0.39 is 12.6 Å². The van der Waals surface area contributed by atoms with E-state index >= 15 is 0 Å². The predicted molar refractivity (Wildman–Crippen MR) is 159 cm³/mol. The third kappa shape index (κ3) is 6.76. The number of aromatic nitrogens is 1. The van der Waals surface area contributed by atoms with Gasteiger partial charge >= 0.3 is 29.6 Å². The maximum atomic E-state index is 11.0. The van der Waals surface area contributed by atoms with Crippen molar-refractivity contribution in [3.8, 4) is 39.5 Å². The van der Waals surface area contributed by atoms with Crippen LogP contribution < -0.4 is 39.4 Å². The summed E-state index contributed by atoms with van der Waals surface area (Å²) in [4.78, 5) is 16.1. The van der Waals surface area contributed by atoms with Gasteiger partial charge < -0.3 is 19.1 Å². The number of aliphatic carboxylic acids is 1. The number of carbonyl (C=O) groups excluding carboxylic acids is 1. The Balaban J connectivity index is 0.00000353. The van der Waals surface area contributed by atoms with Crippen molar-refractivity contribution >= 4 is 11.5 Å². The monoisotopic (exact) mass is 563 g/mol. The van der Waals surface area contributed by atoms with Gasteiger partial charge in [0.1, 0.15) is 18.1 Å². The zero-order valence-electron chi connectivity index (χ0n) is 23.7. The van der Waals surface area contributed by atoms with Crippen LogP contribution in [-0.4, -0.2) is 17.6 Å². The van der Waals surface area contributed by atoms with E-state index in [9.17, 15) is 9.90 Å². The fourth-order valence-electron chi connectivity index (χ4n) is 5.57. The largest absolute Gasteiger partial charge is 1.00 e. The van der Waals surface area contributed by atoms with Crippen LogP contribution in [0.3, 0.4) is 0 Å². The molecule has 4 aromatic carbocycles. The van der Waals surface area contributed by atoms with E-state index in [0.717, 1.165) is 70.5 Å². The Kier molecular flexibility index (Phi) is 9.75. The Morgan fingerprint density at radius 1 is 0.857 bits per heavy atom. The molecule has 1 aliphatic rings.